The highest BCUT2D eigenvalue weighted by molar-refractivity contribution is 7.89. The van der Waals surface area contributed by atoms with Gasteiger partial charge in [0.15, 0.2) is 0 Å². The van der Waals surface area contributed by atoms with E-state index >= 15 is 0 Å². The van der Waals surface area contributed by atoms with Crippen LogP contribution in [0.5, 0.6) is 0 Å². The molecule has 0 amide bonds. The highest BCUT2D eigenvalue weighted by Crippen LogP contribution is 2.38. The second-order valence-corrected chi connectivity index (χ2v) is 9.23. The molecule has 5 nitrogen and oxygen atoms in total. The summed E-state index contributed by atoms with van der Waals surface area (Å²) in [6, 6.07) is 12.3. The van der Waals surface area contributed by atoms with Crippen LogP contribution in [0.2, 0.25) is 0 Å². The normalized spacial score (nSPS) is 25.0. The highest BCUT2D eigenvalue weighted by atomic mass is 32.2. The van der Waals surface area contributed by atoms with Gasteiger partial charge >= 0.3 is 0 Å². The Hall–Kier alpha value is -1.96. The van der Waals surface area contributed by atoms with E-state index in [0.29, 0.717) is 25.2 Å². The zero-order valence-electron chi connectivity index (χ0n) is 14.2. The molecule has 3 heterocycles. The first-order chi connectivity index (χ1) is 12.5. The number of fused-ring (bicyclic) bond motifs is 3. The van der Waals surface area contributed by atoms with E-state index in [1.165, 1.54) is 22.5 Å². The molecule has 0 aromatic heterocycles. The molecular weight excluding hydrogens is 353 g/mol. The maximum absolute atomic E-state index is 13.5. The third kappa shape index (κ3) is 2.46. The van der Waals surface area contributed by atoms with Gasteiger partial charge in [-0.05, 0) is 41.8 Å². The van der Waals surface area contributed by atoms with Gasteiger partial charge in [0.2, 0.25) is 10.0 Å². The lowest BCUT2D eigenvalue weighted by Crippen LogP contribution is -2.44. The van der Waals surface area contributed by atoms with E-state index in [4.69, 9.17) is 0 Å². The zero-order chi connectivity index (χ0) is 17.9. The van der Waals surface area contributed by atoms with Crippen molar-refractivity contribution in [2.75, 3.05) is 18.0 Å². The second kappa shape index (κ2) is 5.77. The van der Waals surface area contributed by atoms with Crippen molar-refractivity contribution in [3.8, 4) is 0 Å². The summed E-state index contributed by atoms with van der Waals surface area (Å²) >= 11 is 0. The summed E-state index contributed by atoms with van der Waals surface area (Å²) in [4.78, 5) is 2.43. The van der Waals surface area contributed by atoms with E-state index in [2.05, 4.69) is 16.3 Å². The molecule has 2 aromatic rings. The number of anilines is 1. The first-order valence-corrected chi connectivity index (χ1v) is 10.3. The number of benzene rings is 2. The molecule has 136 valence electrons. The number of sulfonamides is 1. The van der Waals surface area contributed by atoms with Crippen LogP contribution in [0.15, 0.2) is 47.4 Å². The smallest absolute Gasteiger partial charge is 0.243 e. The molecule has 26 heavy (non-hydrogen) atoms. The fraction of sp³-hybridized carbons (Fsp3) is 0.368. The summed E-state index contributed by atoms with van der Waals surface area (Å²) in [5.74, 6) is -0.538. The van der Waals surface area contributed by atoms with Gasteiger partial charge in [0.05, 0.1) is 4.90 Å². The fourth-order valence-corrected chi connectivity index (χ4v) is 5.86. The summed E-state index contributed by atoms with van der Waals surface area (Å²) in [5.41, 5.74) is 3.27. The maximum Gasteiger partial charge on any atom is 0.243 e. The van der Waals surface area contributed by atoms with Crippen LogP contribution in [0.3, 0.4) is 0 Å². The van der Waals surface area contributed by atoms with Crippen molar-refractivity contribution in [1.82, 2.24) is 9.62 Å². The van der Waals surface area contributed by atoms with Crippen LogP contribution in [-0.4, -0.2) is 37.9 Å². The van der Waals surface area contributed by atoms with Crippen molar-refractivity contribution in [2.45, 2.75) is 36.5 Å². The van der Waals surface area contributed by atoms with E-state index < -0.39 is 15.8 Å². The number of rotatable bonds is 3. The van der Waals surface area contributed by atoms with Gasteiger partial charge in [0.25, 0.3) is 0 Å². The average Bonchev–Trinajstić information content (AvgIpc) is 3.36. The topological polar surface area (TPSA) is 52.7 Å². The van der Waals surface area contributed by atoms with E-state index in [1.807, 2.05) is 12.1 Å². The predicted molar refractivity (Wildman–Crippen MR) is 96.8 cm³/mol. The lowest BCUT2D eigenvalue weighted by molar-refractivity contribution is 0.431. The minimum atomic E-state index is -3.72. The Bertz CT molecular complexity index is 978. The molecule has 0 aliphatic carbocycles. The molecule has 3 aliphatic heterocycles. The standard InChI is InChI=1S/C19H20FN3O2S/c20-14-4-2-5-17(7-14)26(24,25)22-10-13-3-1-6-19(18(13)12-22)23-11-15-8-16(23)9-21-15/h1-7,15-16,21H,8-12H2. The van der Waals surface area contributed by atoms with Crippen molar-refractivity contribution in [2.24, 2.45) is 0 Å². The van der Waals surface area contributed by atoms with Crippen molar-refractivity contribution < 1.29 is 12.8 Å². The number of piperazine rings is 1. The number of halogens is 1. The summed E-state index contributed by atoms with van der Waals surface area (Å²) in [5, 5.41) is 3.50. The Balaban J connectivity index is 1.47. The third-order valence-electron chi connectivity index (χ3n) is 5.73. The Morgan fingerprint density at radius 3 is 2.69 bits per heavy atom. The highest BCUT2D eigenvalue weighted by Gasteiger charge is 2.40. The van der Waals surface area contributed by atoms with Crippen LogP contribution in [0, 0.1) is 5.82 Å². The molecule has 2 fully saturated rings. The monoisotopic (exact) mass is 373 g/mol. The van der Waals surface area contributed by atoms with Gasteiger partial charge < -0.3 is 10.2 Å². The van der Waals surface area contributed by atoms with Gasteiger partial charge in [-0.25, -0.2) is 12.8 Å². The molecule has 0 radical (unpaired) electrons. The minimum absolute atomic E-state index is 0.0104. The van der Waals surface area contributed by atoms with Crippen molar-refractivity contribution in [3.05, 3.63) is 59.4 Å². The van der Waals surface area contributed by atoms with Gasteiger partial charge in [-0.2, -0.15) is 4.31 Å². The zero-order valence-corrected chi connectivity index (χ0v) is 15.0. The third-order valence-corrected chi connectivity index (χ3v) is 7.52. The second-order valence-electron chi connectivity index (χ2n) is 7.29. The van der Waals surface area contributed by atoms with Crippen molar-refractivity contribution in [3.63, 3.8) is 0 Å². The summed E-state index contributed by atoms with van der Waals surface area (Å²) in [7, 11) is -3.72. The number of nitrogens with zero attached hydrogens (tertiary/aromatic N) is 2. The number of nitrogens with one attached hydrogen (secondary N) is 1. The largest absolute Gasteiger partial charge is 0.365 e. The van der Waals surface area contributed by atoms with Crippen molar-refractivity contribution >= 4 is 15.7 Å². The lowest BCUT2D eigenvalue weighted by Gasteiger charge is -2.31. The van der Waals surface area contributed by atoms with Crippen molar-refractivity contribution in [1.29, 1.82) is 0 Å². The molecule has 2 aromatic carbocycles. The molecule has 5 rings (SSSR count). The molecule has 3 aliphatic rings. The Labute approximate surface area is 152 Å². The van der Waals surface area contributed by atoms with E-state index in [1.54, 1.807) is 0 Å². The van der Waals surface area contributed by atoms with Gasteiger partial charge in [-0.3, -0.25) is 0 Å². The van der Waals surface area contributed by atoms with E-state index in [-0.39, 0.29) is 4.90 Å². The van der Waals surface area contributed by atoms with Crippen LogP contribution >= 0.6 is 0 Å². The Morgan fingerprint density at radius 1 is 1.12 bits per heavy atom. The molecular formula is C19H20FN3O2S. The molecule has 0 saturated carbocycles. The van der Waals surface area contributed by atoms with Gasteiger partial charge in [-0.1, -0.05) is 18.2 Å². The molecule has 1 N–H and O–H groups in total. The van der Waals surface area contributed by atoms with Crippen LogP contribution in [0.4, 0.5) is 10.1 Å². The molecule has 7 heteroatoms. The summed E-state index contributed by atoms with van der Waals surface area (Å²) in [6.07, 6.45) is 1.15. The quantitative estimate of drug-likeness (QED) is 0.895. The predicted octanol–water partition coefficient (Wildman–Crippen LogP) is 2.08. The Morgan fingerprint density at radius 2 is 1.96 bits per heavy atom. The Kier molecular flexibility index (Phi) is 3.60. The van der Waals surface area contributed by atoms with Gasteiger partial charge in [0.1, 0.15) is 5.82 Å². The molecule has 0 spiro atoms. The van der Waals surface area contributed by atoms with Crippen LogP contribution in [-0.2, 0) is 23.1 Å². The van der Waals surface area contributed by atoms with Crippen LogP contribution < -0.4 is 10.2 Å². The molecule has 2 bridgehead atoms. The number of hydrogen-bond donors (Lipinski definition) is 1. The molecule has 2 atom stereocenters. The first-order valence-electron chi connectivity index (χ1n) is 8.89. The fourth-order valence-electron chi connectivity index (χ4n) is 4.45. The number of hydrogen-bond acceptors (Lipinski definition) is 4. The van der Waals surface area contributed by atoms with Crippen LogP contribution in [0.25, 0.3) is 0 Å². The van der Waals surface area contributed by atoms with Gasteiger partial charge in [-0.15, -0.1) is 0 Å². The lowest BCUT2D eigenvalue weighted by atomic mass is 10.1. The summed E-state index contributed by atoms with van der Waals surface area (Å²) < 4.78 is 40.9. The SMILES string of the molecule is O=S(=O)(c1cccc(F)c1)N1Cc2cccc(N3CC4CC3CN4)c2C1. The molecule has 2 unspecified atom stereocenters. The van der Waals surface area contributed by atoms with E-state index in [9.17, 15) is 12.8 Å². The molecule has 2 saturated heterocycles. The van der Waals surface area contributed by atoms with Gasteiger partial charge in [0, 0.05) is 44.0 Å². The van der Waals surface area contributed by atoms with Crippen LogP contribution in [0.1, 0.15) is 17.5 Å². The maximum atomic E-state index is 13.5. The average molecular weight is 373 g/mol. The minimum Gasteiger partial charge on any atom is -0.365 e. The summed E-state index contributed by atoms with van der Waals surface area (Å²) in [6.45, 7) is 2.63. The van der Waals surface area contributed by atoms with E-state index in [0.717, 1.165) is 42.4 Å². The first kappa shape index (κ1) is 16.2.